The number of benzene rings is 5. The van der Waals surface area contributed by atoms with Crippen LogP contribution in [0.1, 0.15) is 0 Å². The van der Waals surface area contributed by atoms with Crippen LogP contribution in [0, 0.1) is 0 Å². The molecule has 0 radical (unpaired) electrons. The van der Waals surface area contributed by atoms with E-state index in [-0.39, 0.29) is 5.75 Å². The maximum absolute atomic E-state index is 9.84. The van der Waals surface area contributed by atoms with E-state index in [0.717, 1.165) is 27.9 Å². The van der Waals surface area contributed by atoms with Crippen molar-refractivity contribution in [2.45, 2.75) is 0 Å². The van der Waals surface area contributed by atoms with Gasteiger partial charge in [-0.25, -0.2) is 0 Å². The zero-order valence-corrected chi connectivity index (χ0v) is 16.3. The third kappa shape index (κ3) is 2.58. The lowest BCUT2D eigenvalue weighted by atomic mass is 9.94. The summed E-state index contributed by atoms with van der Waals surface area (Å²) < 4.78 is 0. The molecule has 5 aromatic carbocycles. The number of nitrogens with one attached hydrogen (secondary N) is 1. The first-order chi connectivity index (χ1) is 14.8. The third-order valence-electron chi connectivity index (χ3n) is 5.86. The molecular weight excluding hydrogens is 366 g/mol. The molecule has 0 fully saturated rings. The highest BCUT2D eigenvalue weighted by atomic mass is 16.3. The number of phenols is 1. The average Bonchev–Trinajstić information content (AvgIpc) is 3.19. The average molecular weight is 385 g/mol. The summed E-state index contributed by atoms with van der Waals surface area (Å²) in [4.78, 5) is 3.67. The quantitative estimate of drug-likeness (QED) is 0.297. The molecule has 0 bridgehead atoms. The van der Waals surface area contributed by atoms with E-state index in [1.165, 1.54) is 26.9 Å². The van der Waals surface area contributed by atoms with E-state index in [1.807, 2.05) is 18.2 Å². The first kappa shape index (κ1) is 16.9. The number of H-pyrrole nitrogens is 1. The molecule has 2 nitrogen and oxygen atoms in total. The first-order valence-electron chi connectivity index (χ1n) is 10.1. The molecule has 0 spiro atoms. The van der Waals surface area contributed by atoms with Crippen LogP contribution in [0.5, 0.6) is 5.75 Å². The number of fused-ring (bicyclic) bond motifs is 4. The van der Waals surface area contributed by atoms with Gasteiger partial charge in [0.25, 0.3) is 0 Å². The van der Waals surface area contributed by atoms with Crippen LogP contribution in [0.4, 0.5) is 0 Å². The summed E-state index contributed by atoms with van der Waals surface area (Å²) in [7, 11) is 0. The lowest BCUT2D eigenvalue weighted by Gasteiger charge is -2.09. The van der Waals surface area contributed by atoms with Gasteiger partial charge in [0.2, 0.25) is 0 Å². The molecule has 6 rings (SSSR count). The topological polar surface area (TPSA) is 36.0 Å². The Kier molecular flexibility index (Phi) is 3.65. The van der Waals surface area contributed by atoms with E-state index in [2.05, 4.69) is 77.8 Å². The summed E-state index contributed by atoms with van der Waals surface area (Å²) in [5.74, 6) is 0.274. The number of phenolic OH excluding ortho intramolecular Hbond substituents is 1. The minimum absolute atomic E-state index is 0.274. The Hall–Kier alpha value is -4.04. The Morgan fingerprint density at radius 3 is 2.03 bits per heavy atom. The molecular formula is C28H19NO. The van der Waals surface area contributed by atoms with Crippen LogP contribution in [0.15, 0.2) is 103 Å². The molecule has 0 amide bonds. The first-order valence-corrected chi connectivity index (χ1v) is 10.1. The molecule has 0 aliphatic heterocycles. The second-order valence-electron chi connectivity index (χ2n) is 7.70. The van der Waals surface area contributed by atoms with Crippen molar-refractivity contribution in [1.82, 2.24) is 4.98 Å². The van der Waals surface area contributed by atoms with Gasteiger partial charge in [-0.05, 0) is 63.0 Å². The molecule has 142 valence electrons. The number of hydrogen-bond donors (Lipinski definition) is 2. The van der Waals surface area contributed by atoms with E-state index < -0.39 is 0 Å². The van der Waals surface area contributed by atoms with Crippen LogP contribution in [0.2, 0.25) is 0 Å². The van der Waals surface area contributed by atoms with Gasteiger partial charge >= 0.3 is 0 Å². The molecule has 0 saturated heterocycles. The number of aromatic hydroxyl groups is 1. The van der Waals surface area contributed by atoms with Gasteiger partial charge in [0.15, 0.2) is 0 Å². The standard InChI is InChI=1S/C28H19NO/c30-23-13-10-18(11-14-23)26-27-24-17-21-9-5-4-8-20(21)16-22(24)12-15-25(27)29-28(26)19-6-2-1-3-7-19/h1-17,29-30H. The minimum atomic E-state index is 0.274. The van der Waals surface area contributed by atoms with Crippen LogP contribution < -0.4 is 0 Å². The fourth-order valence-electron chi connectivity index (χ4n) is 4.45. The van der Waals surface area contributed by atoms with Crippen LogP contribution in [-0.4, -0.2) is 10.1 Å². The Morgan fingerprint density at radius 1 is 0.567 bits per heavy atom. The SMILES string of the molecule is Oc1ccc(-c2c(-c3ccccc3)[nH]c3ccc4cc5ccccc5cc4c23)cc1. The lowest BCUT2D eigenvalue weighted by molar-refractivity contribution is 0.475. The highest BCUT2D eigenvalue weighted by Crippen LogP contribution is 2.42. The van der Waals surface area contributed by atoms with E-state index >= 15 is 0 Å². The monoisotopic (exact) mass is 385 g/mol. The molecule has 0 aliphatic rings. The Labute approximate surface area is 174 Å². The van der Waals surface area contributed by atoms with Crippen molar-refractivity contribution in [2.24, 2.45) is 0 Å². The highest BCUT2D eigenvalue weighted by molar-refractivity contribution is 6.19. The van der Waals surface area contributed by atoms with Crippen LogP contribution >= 0.6 is 0 Å². The van der Waals surface area contributed by atoms with Crippen molar-refractivity contribution in [1.29, 1.82) is 0 Å². The van der Waals surface area contributed by atoms with Gasteiger partial charge < -0.3 is 10.1 Å². The molecule has 0 saturated carbocycles. The molecule has 2 heteroatoms. The van der Waals surface area contributed by atoms with Crippen molar-refractivity contribution in [3.05, 3.63) is 103 Å². The van der Waals surface area contributed by atoms with Gasteiger partial charge in [0, 0.05) is 16.5 Å². The number of aromatic amines is 1. The van der Waals surface area contributed by atoms with Crippen molar-refractivity contribution in [3.63, 3.8) is 0 Å². The van der Waals surface area contributed by atoms with Gasteiger partial charge in [-0.2, -0.15) is 0 Å². The molecule has 2 N–H and O–H groups in total. The predicted octanol–water partition coefficient (Wildman–Crippen LogP) is 7.51. The van der Waals surface area contributed by atoms with E-state index in [9.17, 15) is 5.11 Å². The minimum Gasteiger partial charge on any atom is -0.508 e. The molecule has 1 aromatic heterocycles. The second kappa shape index (κ2) is 6.50. The number of aromatic nitrogens is 1. The summed E-state index contributed by atoms with van der Waals surface area (Å²) in [6.45, 7) is 0. The van der Waals surface area contributed by atoms with Gasteiger partial charge in [0.05, 0.1) is 5.69 Å². The fraction of sp³-hybridized carbons (Fsp3) is 0. The number of hydrogen-bond acceptors (Lipinski definition) is 1. The molecule has 6 aromatic rings. The van der Waals surface area contributed by atoms with Crippen LogP contribution in [0.3, 0.4) is 0 Å². The van der Waals surface area contributed by atoms with Gasteiger partial charge in [-0.15, -0.1) is 0 Å². The van der Waals surface area contributed by atoms with Crippen LogP contribution in [0.25, 0.3) is 54.8 Å². The largest absolute Gasteiger partial charge is 0.508 e. The van der Waals surface area contributed by atoms with E-state index in [0.29, 0.717) is 0 Å². The summed E-state index contributed by atoms with van der Waals surface area (Å²) in [5, 5.41) is 16.0. The Bertz CT molecular complexity index is 1530. The Morgan fingerprint density at radius 2 is 1.27 bits per heavy atom. The van der Waals surface area contributed by atoms with E-state index in [1.54, 1.807) is 12.1 Å². The predicted molar refractivity (Wildman–Crippen MR) is 126 cm³/mol. The van der Waals surface area contributed by atoms with Crippen molar-refractivity contribution in [2.75, 3.05) is 0 Å². The summed E-state index contributed by atoms with van der Waals surface area (Å²) in [6, 6.07) is 35.3. The molecule has 0 atom stereocenters. The van der Waals surface area contributed by atoms with Crippen molar-refractivity contribution < 1.29 is 5.11 Å². The number of rotatable bonds is 2. The summed E-state index contributed by atoms with van der Waals surface area (Å²) >= 11 is 0. The molecule has 1 heterocycles. The van der Waals surface area contributed by atoms with Crippen molar-refractivity contribution in [3.8, 4) is 28.1 Å². The smallest absolute Gasteiger partial charge is 0.115 e. The summed E-state index contributed by atoms with van der Waals surface area (Å²) in [5.41, 5.74) is 5.60. The second-order valence-corrected chi connectivity index (χ2v) is 7.70. The van der Waals surface area contributed by atoms with Gasteiger partial charge in [-0.3, -0.25) is 0 Å². The van der Waals surface area contributed by atoms with E-state index in [4.69, 9.17) is 0 Å². The highest BCUT2D eigenvalue weighted by Gasteiger charge is 2.17. The molecule has 0 aliphatic carbocycles. The van der Waals surface area contributed by atoms with Crippen LogP contribution in [-0.2, 0) is 0 Å². The molecule has 30 heavy (non-hydrogen) atoms. The van der Waals surface area contributed by atoms with Gasteiger partial charge in [0.1, 0.15) is 5.75 Å². The molecule has 0 unspecified atom stereocenters. The zero-order valence-electron chi connectivity index (χ0n) is 16.3. The Balaban J connectivity index is 1.78. The third-order valence-corrected chi connectivity index (χ3v) is 5.86. The fourth-order valence-corrected chi connectivity index (χ4v) is 4.45. The van der Waals surface area contributed by atoms with Gasteiger partial charge in [-0.1, -0.05) is 72.8 Å². The normalized spacial score (nSPS) is 11.5. The summed E-state index contributed by atoms with van der Waals surface area (Å²) in [6.07, 6.45) is 0. The maximum Gasteiger partial charge on any atom is 0.115 e. The zero-order chi connectivity index (χ0) is 20.1. The maximum atomic E-state index is 9.84. The lowest BCUT2D eigenvalue weighted by Crippen LogP contribution is -1.83. The van der Waals surface area contributed by atoms with Crippen molar-refractivity contribution >= 4 is 32.4 Å².